The van der Waals surface area contributed by atoms with Crippen molar-refractivity contribution in [2.45, 2.75) is 31.1 Å². The Kier molecular flexibility index (Phi) is 4.07. The fraction of sp³-hybridized carbons (Fsp3) is 1.00. The van der Waals surface area contributed by atoms with Crippen LogP contribution in [0.25, 0.3) is 0 Å². The third kappa shape index (κ3) is 2.81. The van der Waals surface area contributed by atoms with Crippen molar-refractivity contribution in [1.29, 1.82) is 0 Å². The minimum atomic E-state index is -3.09. The van der Waals surface area contributed by atoms with Gasteiger partial charge in [-0.15, -0.1) is 0 Å². The molecule has 0 aliphatic carbocycles. The molecule has 2 aliphatic heterocycles. The third-order valence-electron chi connectivity index (χ3n) is 3.85. The molecule has 0 aromatic heterocycles. The van der Waals surface area contributed by atoms with Crippen LogP contribution >= 0.6 is 0 Å². The summed E-state index contributed by atoms with van der Waals surface area (Å²) in [6.45, 7) is 5.94. The maximum atomic E-state index is 12.5. The molecule has 100 valence electrons. The van der Waals surface area contributed by atoms with Gasteiger partial charge in [-0.2, -0.15) is 4.31 Å². The summed E-state index contributed by atoms with van der Waals surface area (Å²) in [6, 6.07) is 0.0911. The molecule has 0 radical (unpaired) electrons. The molecule has 1 unspecified atom stereocenters. The molecule has 17 heavy (non-hydrogen) atoms. The molecule has 6 heteroatoms. The van der Waals surface area contributed by atoms with E-state index in [1.807, 2.05) is 6.92 Å². The number of hydrogen-bond donors (Lipinski definition) is 1. The lowest BCUT2D eigenvalue weighted by Gasteiger charge is -2.37. The van der Waals surface area contributed by atoms with Gasteiger partial charge in [0.25, 0.3) is 0 Å². The summed E-state index contributed by atoms with van der Waals surface area (Å²) in [5.41, 5.74) is 0. The first-order valence-electron chi connectivity index (χ1n) is 6.41. The molecule has 0 spiro atoms. The molecule has 2 heterocycles. The lowest BCUT2D eigenvalue weighted by atomic mass is 10.1. The largest absolute Gasteiger partial charge is 0.314 e. The van der Waals surface area contributed by atoms with E-state index in [1.54, 1.807) is 4.31 Å². The molecule has 5 nitrogen and oxygen atoms in total. The highest BCUT2D eigenvalue weighted by Crippen LogP contribution is 2.22. The average Bonchev–Trinajstić information content (AvgIpc) is 2.30. The highest BCUT2D eigenvalue weighted by Gasteiger charge is 2.37. The summed E-state index contributed by atoms with van der Waals surface area (Å²) >= 11 is 0. The predicted molar refractivity (Wildman–Crippen MR) is 68.5 cm³/mol. The Hall–Kier alpha value is -0.170. The Balaban J connectivity index is 2.07. The zero-order valence-corrected chi connectivity index (χ0v) is 11.5. The number of hydrogen-bond acceptors (Lipinski definition) is 4. The van der Waals surface area contributed by atoms with Crippen molar-refractivity contribution >= 4 is 10.0 Å². The van der Waals surface area contributed by atoms with E-state index in [4.69, 9.17) is 0 Å². The maximum Gasteiger partial charge on any atom is 0.217 e. The molecule has 2 aliphatic rings. The highest BCUT2D eigenvalue weighted by atomic mass is 32.2. The van der Waals surface area contributed by atoms with Crippen molar-refractivity contribution in [2.75, 3.05) is 39.8 Å². The van der Waals surface area contributed by atoms with E-state index in [0.29, 0.717) is 6.54 Å². The molecule has 0 aromatic rings. The smallest absolute Gasteiger partial charge is 0.217 e. The van der Waals surface area contributed by atoms with E-state index in [9.17, 15) is 8.42 Å². The molecule has 1 N–H and O–H groups in total. The number of sulfonamides is 1. The van der Waals surface area contributed by atoms with E-state index in [0.717, 1.165) is 39.0 Å². The number of rotatable bonds is 2. The van der Waals surface area contributed by atoms with Crippen LogP contribution in [0, 0.1) is 0 Å². The fourth-order valence-corrected chi connectivity index (χ4v) is 4.79. The van der Waals surface area contributed by atoms with E-state index in [2.05, 4.69) is 17.3 Å². The third-order valence-corrected chi connectivity index (χ3v) is 6.36. The van der Waals surface area contributed by atoms with Crippen molar-refractivity contribution < 1.29 is 8.42 Å². The lowest BCUT2D eigenvalue weighted by molar-refractivity contribution is 0.253. The van der Waals surface area contributed by atoms with Crippen molar-refractivity contribution in [3.05, 3.63) is 0 Å². The SMILES string of the molecule is CC1CNCCN1S(=O)(=O)C1CCN(C)CC1. The standard InChI is InChI=1S/C11H23N3O2S/c1-10-9-12-5-8-14(10)17(15,16)11-3-6-13(2)7-4-11/h10-12H,3-9H2,1-2H3. The van der Waals surface area contributed by atoms with Gasteiger partial charge in [-0.05, 0) is 39.9 Å². The van der Waals surface area contributed by atoms with Crippen LogP contribution in [-0.4, -0.2) is 68.7 Å². The van der Waals surface area contributed by atoms with Gasteiger partial charge in [-0.1, -0.05) is 0 Å². The number of likely N-dealkylation sites (tertiary alicyclic amines) is 1. The normalized spacial score (nSPS) is 30.6. The Morgan fingerprint density at radius 2 is 1.82 bits per heavy atom. The molecule has 1 atom stereocenters. The van der Waals surface area contributed by atoms with Crippen LogP contribution in [0.4, 0.5) is 0 Å². The number of piperidine rings is 1. The number of piperazine rings is 1. The molecular weight excluding hydrogens is 238 g/mol. The number of nitrogens with one attached hydrogen (secondary N) is 1. The van der Waals surface area contributed by atoms with Gasteiger partial charge in [0.2, 0.25) is 10.0 Å². The molecule has 2 rings (SSSR count). The van der Waals surface area contributed by atoms with E-state index in [-0.39, 0.29) is 11.3 Å². The molecule has 0 saturated carbocycles. The Labute approximate surface area is 104 Å². The quantitative estimate of drug-likeness (QED) is 0.742. The van der Waals surface area contributed by atoms with Gasteiger partial charge < -0.3 is 10.2 Å². The first-order valence-corrected chi connectivity index (χ1v) is 7.92. The van der Waals surface area contributed by atoms with E-state index in [1.165, 1.54) is 0 Å². The predicted octanol–water partition coefficient (Wildman–Crippen LogP) is -0.296. The van der Waals surface area contributed by atoms with Gasteiger partial charge in [0.05, 0.1) is 5.25 Å². The van der Waals surface area contributed by atoms with Crippen molar-refractivity contribution in [3.8, 4) is 0 Å². The zero-order valence-electron chi connectivity index (χ0n) is 10.7. The second kappa shape index (κ2) is 5.22. The Morgan fingerprint density at radius 3 is 2.41 bits per heavy atom. The van der Waals surface area contributed by atoms with Gasteiger partial charge in [0.15, 0.2) is 0 Å². The summed E-state index contributed by atoms with van der Waals surface area (Å²) in [5, 5.41) is 3.06. The highest BCUT2D eigenvalue weighted by molar-refractivity contribution is 7.89. The Bertz CT molecular complexity index is 350. The number of nitrogens with zero attached hydrogens (tertiary/aromatic N) is 2. The maximum absolute atomic E-state index is 12.5. The first kappa shape index (κ1) is 13.3. The topological polar surface area (TPSA) is 52.7 Å². The lowest BCUT2D eigenvalue weighted by Crippen LogP contribution is -2.55. The van der Waals surface area contributed by atoms with Gasteiger partial charge in [0.1, 0.15) is 0 Å². The second-order valence-electron chi connectivity index (χ2n) is 5.21. The summed E-state index contributed by atoms with van der Waals surface area (Å²) in [7, 11) is -1.04. The zero-order chi connectivity index (χ0) is 12.5. The fourth-order valence-electron chi connectivity index (χ4n) is 2.67. The summed E-state index contributed by atoms with van der Waals surface area (Å²) in [5.74, 6) is 0. The summed E-state index contributed by atoms with van der Waals surface area (Å²) in [4.78, 5) is 2.20. The van der Waals surface area contributed by atoms with Gasteiger partial charge >= 0.3 is 0 Å². The monoisotopic (exact) mass is 261 g/mol. The van der Waals surface area contributed by atoms with Crippen molar-refractivity contribution in [2.24, 2.45) is 0 Å². The van der Waals surface area contributed by atoms with Gasteiger partial charge in [0, 0.05) is 25.7 Å². The van der Waals surface area contributed by atoms with Crippen molar-refractivity contribution in [3.63, 3.8) is 0 Å². The van der Waals surface area contributed by atoms with Crippen LogP contribution in [0.5, 0.6) is 0 Å². The van der Waals surface area contributed by atoms with E-state index >= 15 is 0 Å². The van der Waals surface area contributed by atoms with Crippen LogP contribution in [0.3, 0.4) is 0 Å². The van der Waals surface area contributed by atoms with Gasteiger partial charge in [-0.25, -0.2) is 8.42 Å². The molecule has 0 amide bonds. The molecule has 0 aromatic carbocycles. The molecule has 2 saturated heterocycles. The van der Waals surface area contributed by atoms with Crippen LogP contribution in [0.1, 0.15) is 19.8 Å². The van der Waals surface area contributed by atoms with Crippen LogP contribution < -0.4 is 5.32 Å². The summed E-state index contributed by atoms with van der Waals surface area (Å²) in [6.07, 6.45) is 1.55. The minimum Gasteiger partial charge on any atom is -0.314 e. The molecule has 2 fully saturated rings. The second-order valence-corrected chi connectivity index (χ2v) is 7.38. The average molecular weight is 261 g/mol. The minimum absolute atomic E-state index is 0.0911. The summed E-state index contributed by atoms with van der Waals surface area (Å²) < 4.78 is 26.8. The van der Waals surface area contributed by atoms with Gasteiger partial charge in [-0.3, -0.25) is 0 Å². The molecule has 0 bridgehead atoms. The molecular formula is C11H23N3O2S. The van der Waals surface area contributed by atoms with Crippen molar-refractivity contribution in [1.82, 2.24) is 14.5 Å². The Morgan fingerprint density at radius 1 is 1.18 bits per heavy atom. The first-order chi connectivity index (χ1) is 8.01. The van der Waals surface area contributed by atoms with Crippen LogP contribution in [0.15, 0.2) is 0 Å². The van der Waals surface area contributed by atoms with Crippen LogP contribution in [0.2, 0.25) is 0 Å². The van der Waals surface area contributed by atoms with E-state index < -0.39 is 10.0 Å². The van der Waals surface area contributed by atoms with Crippen LogP contribution in [-0.2, 0) is 10.0 Å².